The van der Waals surface area contributed by atoms with Crippen LogP contribution in [0.15, 0.2) is 12.4 Å². The summed E-state index contributed by atoms with van der Waals surface area (Å²) < 4.78 is 1.68. The molecule has 0 amide bonds. The van der Waals surface area contributed by atoms with Gasteiger partial charge in [0.2, 0.25) is 11.9 Å². The summed E-state index contributed by atoms with van der Waals surface area (Å²) in [6.07, 6.45) is 6.08. The zero-order valence-electron chi connectivity index (χ0n) is 11.2. The van der Waals surface area contributed by atoms with E-state index in [1.807, 2.05) is 13.1 Å². The van der Waals surface area contributed by atoms with E-state index in [1.165, 1.54) is 12.8 Å². The van der Waals surface area contributed by atoms with Gasteiger partial charge < -0.3 is 10.2 Å². The van der Waals surface area contributed by atoms with Crippen LogP contribution in [0, 0.1) is 6.92 Å². The molecule has 0 atom stereocenters. The van der Waals surface area contributed by atoms with Crippen molar-refractivity contribution in [3.05, 3.63) is 18.0 Å². The van der Waals surface area contributed by atoms with Crippen LogP contribution in [-0.2, 0) is 0 Å². The molecule has 1 aliphatic heterocycles. The van der Waals surface area contributed by atoms with Gasteiger partial charge in [0, 0.05) is 26.3 Å². The highest BCUT2D eigenvalue weighted by atomic mass is 15.4. The Morgan fingerprint density at radius 1 is 1.11 bits per heavy atom. The van der Waals surface area contributed by atoms with Gasteiger partial charge in [0.15, 0.2) is 0 Å². The Labute approximate surface area is 111 Å². The summed E-state index contributed by atoms with van der Waals surface area (Å²) in [6, 6.07) is 0. The minimum absolute atomic E-state index is 0.550. The van der Waals surface area contributed by atoms with E-state index in [0.29, 0.717) is 11.9 Å². The third-order valence-corrected chi connectivity index (χ3v) is 3.14. The third kappa shape index (κ3) is 2.35. The Kier molecular flexibility index (Phi) is 3.02. The summed E-state index contributed by atoms with van der Waals surface area (Å²) in [6.45, 7) is 4.00. The topological polar surface area (TPSA) is 71.8 Å². The number of nitrogens with zero attached hydrogens (tertiary/aromatic N) is 6. The molecule has 0 bridgehead atoms. The highest BCUT2D eigenvalue weighted by molar-refractivity contribution is 5.40. The Morgan fingerprint density at radius 2 is 1.84 bits per heavy atom. The van der Waals surface area contributed by atoms with E-state index < -0.39 is 0 Å². The molecule has 0 aliphatic carbocycles. The average Bonchev–Trinajstić information content (AvgIpc) is 3.09. The van der Waals surface area contributed by atoms with Gasteiger partial charge in [-0.3, -0.25) is 0 Å². The molecule has 0 spiro atoms. The van der Waals surface area contributed by atoms with Crippen molar-refractivity contribution in [2.75, 3.05) is 30.4 Å². The number of nitrogens with one attached hydrogen (secondary N) is 1. The largest absolute Gasteiger partial charge is 0.357 e. The van der Waals surface area contributed by atoms with Crippen molar-refractivity contribution in [2.45, 2.75) is 19.8 Å². The monoisotopic (exact) mass is 259 g/mol. The van der Waals surface area contributed by atoms with Gasteiger partial charge in [-0.2, -0.15) is 20.1 Å². The first-order valence-electron chi connectivity index (χ1n) is 6.47. The van der Waals surface area contributed by atoms with E-state index in [-0.39, 0.29) is 0 Å². The van der Waals surface area contributed by atoms with Gasteiger partial charge >= 0.3 is 0 Å². The smallest absolute Gasteiger partial charge is 0.257 e. The Hall–Kier alpha value is -2.18. The Balaban J connectivity index is 2.01. The summed E-state index contributed by atoms with van der Waals surface area (Å²) in [5, 5.41) is 7.22. The molecule has 7 heteroatoms. The van der Waals surface area contributed by atoms with Crippen LogP contribution in [-0.4, -0.2) is 44.9 Å². The third-order valence-electron chi connectivity index (χ3n) is 3.14. The predicted molar refractivity (Wildman–Crippen MR) is 72.7 cm³/mol. The van der Waals surface area contributed by atoms with Crippen molar-refractivity contribution in [2.24, 2.45) is 0 Å². The van der Waals surface area contributed by atoms with Crippen LogP contribution in [0.5, 0.6) is 0 Å². The molecule has 1 aliphatic rings. The van der Waals surface area contributed by atoms with Gasteiger partial charge in [-0.25, -0.2) is 4.68 Å². The van der Waals surface area contributed by atoms with Crippen LogP contribution in [0.4, 0.5) is 11.9 Å². The number of anilines is 2. The van der Waals surface area contributed by atoms with Crippen LogP contribution in [0.25, 0.3) is 5.95 Å². The highest BCUT2D eigenvalue weighted by Crippen LogP contribution is 2.18. The lowest BCUT2D eigenvalue weighted by Gasteiger charge is -2.16. The van der Waals surface area contributed by atoms with E-state index >= 15 is 0 Å². The predicted octanol–water partition coefficient (Wildman–Crippen LogP) is 1.01. The van der Waals surface area contributed by atoms with Crippen molar-refractivity contribution < 1.29 is 0 Å². The van der Waals surface area contributed by atoms with Crippen molar-refractivity contribution in [3.8, 4) is 5.95 Å². The second-order valence-electron chi connectivity index (χ2n) is 4.67. The molecule has 2 aromatic heterocycles. The summed E-state index contributed by atoms with van der Waals surface area (Å²) in [4.78, 5) is 15.5. The van der Waals surface area contributed by atoms with Gasteiger partial charge in [0.1, 0.15) is 0 Å². The van der Waals surface area contributed by atoms with Crippen molar-refractivity contribution in [1.29, 1.82) is 0 Å². The molecule has 3 heterocycles. The number of rotatable bonds is 3. The van der Waals surface area contributed by atoms with Gasteiger partial charge in [-0.15, -0.1) is 0 Å². The lowest BCUT2D eigenvalue weighted by molar-refractivity contribution is 0.780. The summed E-state index contributed by atoms with van der Waals surface area (Å²) in [5.74, 6) is 1.84. The Bertz CT molecular complexity index is 571. The normalized spacial score (nSPS) is 14.9. The molecule has 0 saturated carbocycles. The minimum Gasteiger partial charge on any atom is -0.357 e. The number of hydrogen-bond acceptors (Lipinski definition) is 6. The van der Waals surface area contributed by atoms with E-state index in [0.717, 1.165) is 24.6 Å². The van der Waals surface area contributed by atoms with Gasteiger partial charge in [-0.05, 0) is 25.3 Å². The molecule has 1 saturated heterocycles. The molecule has 0 aromatic carbocycles. The second-order valence-corrected chi connectivity index (χ2v) is 4.67. The summed E-state index contributed by atoms with van der Waals surface area (Å²) >= 11 is 0. The van der Waals surface area contributed by atoms with Crippen molar-refractivity contribution in [3.63, 3.8) is 0 Å². The highest BCUT2D eigenvalue weighted by Gasteiger charge is 2.17. The molecule has 7 nitrogen and oxygen atoms in total. The minimum atomic E-state index is 0.550. The fourth-order valence-corrected chi connectivity index (χ4v) is 2.15. The SMILES string of the molecule is CNc1nc(N2CCCC2)nc(-n2cc(C)cn2)n1. The maximum atomic E-state index is 4.51. The molecule has 1 fully saturated rings. The number of aromatic nitrogens is 5. The summed E-state index contributed by atoms with van der Waals surface area (Å²) in [7, 11) is 1.81. The zero-order chi connectivity index (χ0) is 13.2. The molecule has 100 valence electrons. The first kappa shape index (κ1) is 11.9. The molecule has 0 radical (unpaired) electrons. The fraction of sp³-hybridized carbons (Fsp3) is 0.500. The van der Waals surface area contributed by atoms with E-state index in [9.17, 15) is 0 Å². The fourth-order valence-electron chi connectivity index (χ4n) is 2.15. The van der Waals surface area contributed by atoms with E-state index in [2.05, 4.69) is 30.3 Å². The summed E-state index contributed by atoms with van der Waals surface area (Å²) in [5.41, 5.74) is 1.08. The molecule has 3 rings (SSSR count). The quantitative estimate of drug-likeness (QED) is 0.887. The molecule has 19 heavy (non-hydrogen) atoms. The van der Waals surface area contributed by atoms with Crippen LogP contribution in [0.1, 0.15) is 18.4 Å². The average molecular weight is 259 g/mol. The van der Waals surface area contributed by atoms with Crippen molar-refractivity contribution in [1.82, 2.24) is 24.7 Å². The number of aryl methyl sites for hydroxylation is 1. The van der Waals surface area contributed by atoms with Gasteiger partial charge in [0.05, 0.1) is 6.20 Å². The maximum Gasteiger partial charge on any atom is 0.257 e. The lowest BCUT2D eigenvalue weighted by atomic mass is 10.4. The van der Waals surface area contributed by atoms with E-state index in [4.69, 9.17) is 0 Å². The van der Waals surface area contributed by atoms with Crippen LogP contribution >= 0.6 is 0 Å². The molecular weight excluding hydrogens is 242 g/mol. The lowest BCUT2D eigenvalue weighted by Crippen LogP contribution is -2.22. The molecular formula is C12H17N7. The van der Waals surface area contributed by atoms with Crippen molar-refractivity contribution >= 4 is 11.9 Å². The van der Waals surface area contributed by atoms with Gasteiger partial charge in [-0.1, -0.05) is 0 Å². The zero-order valence-corrected chi connectivity index (χ0v) is 11.2. The van der Waals surface area contributed by atoms with Crippen LogP contribution < -0.4 is 10.2 Å². The first-order valence-corrected chi connectivity index (χ1v) is 6.47. The molecule has 1 N–H and O–H groups in total. The molecule has 0 unspecified atom stereocenters. The number of hydrogen-bond donors (Lipinski definition) is 1. The van der Waals surface area contributed by atoms with Gasteiger partial charge in [0.25, 0.3) is 5.95 Å². The van der Waals surface area contributed by atoms with E-state index in [1.54, 1.807) is 17.9 Å². The first-order chi connectivity index (χ1) is 9.26. The van der Waals surface area contributed by atoms with Crippen LogP contribution in [0.2, 0.25) is 0 Å². The van der Waals surface area contributed by atoms with Crippen LogP contribution in [0.3, 0.4) is 0 Å². The maximum absolute atomic E-state index is 4.51. The molecule has 2 aromatic rings. The Morgan fingerprint density at radius 3 is 2.47 bits per heavy atom. The standard InChI is InChI=1S/C12H17N7/c1-9-7-14-19(8-9)12-16-10(13-2)15-11(17-12)18-5-3-4-6-18/h7-8H,3-6H2,1-2H3,(H,13,15,16,17). The second kappa shape index (κ2) is 4.83.